The third kappa shape index (κ3) is 5.38. The highest BCUT2D eigenvalue weighted by atomic mass is 35.5. The first-order chi connectivity index (χ1) is 10.8. The maximum Gasteiger partial charge on any atom is 0.252 e. The minimum Gasteiger partial charge on any atom is -0.315 e. The van der Waals surface area contributed by atoms with E-state index in [1.807, 2.05) is 0 Å². The van der Waals surface area contributed by atoms with Crippen LogP contribution in [0.1, 0.15) is 18.2 Å². The van der Waals surface area contributed by atoms with Crippen LogP contribution in [-0.4, -0.2) is 59.6 Å². The van der Waals surface area contributed by atoms with Gasteiger partial charge in [0.1, 0.15) is 4.21 Å². The van der Waals surface area contributed by atoms with Crippen molar-refractivity contribution >= 4 is 43.8 Å². The summed E-state index contributed by atoms with van der Waals surface area (Å²) in [5, 5.41) is 3.16. The highest BCUT2D eigenvalue weighted by molar-refractivity contribution is 7.91. The van der Waals surface area contributed by atoms with E-state index in [1.54, 1.807) is 26.1 Å². The van der Waals surface area contributed by atoms with Gasteiger partial charge in [-0.2, -0.15) is 4.31 Å². The van der Waals surface area contributed by atoms with E-state index < -0.39 is 20.0 Å². The Morgan fingerprint density at radius 3 is 2.62 bits per heavy atom. The summed E-state index contributed by atoms with van der Waals surface area (Å²) in [6, 6.07) is 3.34. The zero-order chi connectivity index (χ0) is 17.1. The van der Waals surface area contributed by atoms with Gasteiger partial charge in [-0.3, -0.25) is 0 Å². The zero-order valence-corrected chi connectivity index (χ0v) is 17.0. The van der Waals surface area contributed by atoms with Gasteiger partial charge in [0.05, 0.1) is 5.75 Å². The van der Waals surface area contributed by atoms with E-state index in [0.29, 0.717) is 17.2 Å². The summed E-state index contributed by atoms with van der Waals surface area (Å²) in [7, 11) is -5.09. The molecule has 1 saturated heterocycles. The average molecular weight is 418 g/mol. The monoisotopic (exact) mass is 417 g/mol. The van der Waals surface area contributed by atoms with Crippen molar-refractivity contribution in [2.45, 2.75) is 30.0 Å². The molecule has 0 aromatic carbocycles. The summed E-state index contributed by atoms with van der Waals surface area (Å²) < 4.78 is 52.2. The summed E-state index contributed by atoms with van der Waals surface area (Å²) in [4.78, 5) is 0.848. The fourth-order valence-electron chi connectivity index (χ4n) is 2.35. The SMILES string of the molecule is CCS(=O)(=O)NCCc1ccc(S(=O)(=O)N(C)C2CCNC2)s1.Cl. The summed E-state index contributed by atoms with van der Waals surface area (Å²) in [6.45, 7) is 3.36. The second-order valence-corrected chi connectivity index (χ2v) is 10.9. The highest BCUT2D eigenvalue weighted by Gasteiger charge is 2.30. The van der Waals surface area contributed by atoms with E-state index in [1.165, 1.54) is 15.6 Å². The number of halogens is 1. The molecule has 2 heterocycles. The van der Waals surface area contributed by atoms with Gasteiger partial charge in [0.15, 0.2) is 0 Å². The molecule has 7 nitrogen and oxygen atoms in total. The van der Waals surface area contributed by atoms with Gasteiger partial charge < -0.3 is 5.32 Å². The molecule has 2 N–H and O–H groups in total. The first-order valence-corrected chi connectivity index (χ1v) is 11.4. The molecule has 11 heteroatoms. The molecule has 0 amide bonds. The Morgan fingerprint density at radius 2 is 2.04 bits per heavy atom. The molecule has 1 aromatic heterocycles. The summed E-state index contributed by atoms with van der Waals surface area (Å²) in [5.41, 5.74) is 0. The summed E-state index contributed by atoms with van der Waals surface area (Å²) >= 11 is 1.20. The molecule has 24 heavy (non-hydrogen) atoms. The second-order valence-electron chi connectivity index (χ2n) is 5.44. The Bertz CT molecular complexity index is 727. The number of nitrogens with zero attached hydrogens (tertiary/aromatic N) is 1. The van der Waals surface area contributed by atoms with Crippen LogP contribution >= 0.6 is 23.7 Å². The van der Waals surface area contributed by atoms with Gasteiger partial charge in [0.2, 0.25) is 10.0 Å². The van der Waals surface area contributed by atoms with Gasteiger partial charge >= 0.3 is 0 Å². The van der Waals surface area contributed by atoms with Crippen LogP contribution in [0.4, 0.5) is 0 Å². The third-order valence-corrected chi connectivity index (χ3v) is 8.82. The molecule has 0 saturated carbocycles. The van der Waals surface area contributed by atoms with Crippen LogP contribution in [0.25, 0.3) is 0 Å². The van der Waals surface area contributed by atoms with Gasteiger partial charge in [-0.25, -0.2) is 21.6 Å². The first kappa shape index (κ1) is 21.8. The minimum atomic E-state index is -3.49. The second kappa shape index (κ2) is 8.93. The maximum atomic E-state index is 12.6. The standard InChI is InChI=1S/C13H23N3O4S3.ClH/c1-3-22(17,18)15-9-7-12-4-5-13(21-12)23(19,20)16(2)11-6-8-14-10-11;/h4-5,11,14-15H,3,6-10H2,1-2H3;1H. The molecule has 0 radical (unpaired) electrons. The van der Waals surface area contributed by atoms with Crippen molar-refractivity contribution < 1.29 is 16.8 Å². The van der Waals surface area contributed by atoms with Crippen LogP contribution in [0.2, 0.25) is 0 Å². The Morgan fingerprint density at radius 1 is 1.33 bits per heavy atom. The molecule has 1 atom stereocenters. The predicted molar refractivity (Wildman–Crippen MR) is 99.0 cm³/mol. The van der Waals surface area contributed by atoms with Crippen LogP contribution in [0.15, 0.2) is 16.3 Å². The fraction of sp³-hybridized carbons (Fsp3) is 0.692. The average Bonchev–Trinajstić information content (AvgIpc) is 3.18. The molecule has 0 aliphatic carbocycles. The molecule has 1 aliphatic heterocycles. The third-order valence-electron chi connectivity index (χ3n) is 3.89. The number of hydrogen-bond acceptors (Lipinski definition) is 6. The van der Waals surface area contributed by atoms with Gasteiger partial charge in [0.25, 0.3) is 10.0 Å². The lowest BCUT2D eigenvalue weighted by atomic mass is 10.3. The van der Waals surface area contributed by atoms with Crippen LogP contribution in [0.3, 0.4) is 0 Å². The quantitative estimate of drug-likeness (QED) is 0.646. The highest BCUT2D eigenvalue weighted by Crippen LogP contribution is 2.26. The number of hydrogen-bond donors (Lipinski definition) is 2. The van der Waals surface area contributed by atoms with Gasteiger partial charge in [-0.1, -0.05) is 0 Å². The van der Waals surface area contributed by atoms with Crippen LogP contribution in [-0.2, 0) is 26.5 Å². The summed E-state index contributed by atoms with van der Waals surface area (Å²) in [6.07, 6.45) is 1.29. The smallest absolute Gasteiger partial charge is 0.252 e. The molecular weight excluding hydrogens is 394 g/mol. The lowest BCUT2D eigenvalue weighted by Gasteiger charge is -2.22. The van der Waals surface area contributed by atoms with Crippen molar-refractivity contribution in [1.82, 2.24) is 14.3 Å². The lowest BCUT2D eigenvalue weighted by molar-refractivity contribution is 0.389. The molecule has 2 rings (SSSR count). The van der Waals surface area contributed by atoms with Crippen LogP contribution in [0, 0.1) is 0 Å². The fourth-order valence-corrected chi connectivity index (χ4v) is 5.89. The van der Waals surface area contributed by atoms with E-state index in [4.69, 9.17) is 0 Å². The van der Waals surface area contributed by atoms with E-state index in [-0.39, 0.29) is 30.7 Å². The Kier molecular flexibility index (Phi) is 8.11. The van der Waals surface area contributed by atoms with Crippen molar-refractivity contribution in [2.75, 3.05) is 32.4 Å². The van der Waals surface area contributed by atoms with E-state index in [2.05, 4.69) is 10.0 Å². The van der Waals surface area contributed by atoms with Crippen molar-refractivity contribution in [2.24, 2.45) is 0 Å². The normalized spacial score (nSPS) is 18.7. The molecule has 1 unspecified atom stereocenters. The Labute approximate surface area is 154 Å². The topological polar surface area (TPSA) is 95.6 Å². The molecule has 1 fully saturated rings. The Hall–Kier alpha value is -0.230. The lowest BCUT2D eigenvalue weighted by Crippen LogP contribution is -2.37. The summed E-state index contributed by atoms with van der Waals surface area (Å²) in [5.74, 6) is 0.0390. The van der Waals surface area contributed by atoms with Gasteiger partial charge in [0, 0.05) is 31.1 Å². The number of sulfonamides is 2. The minimum absolute atomic E-state index is 0. The number of rotatable bonds is 8. The molecule has 0 spiro atoms. The van der Waals surface area contributed by atoms with E-state index in [0.717, 1.165) is 17.8 Å². The van der Waals surface area contributed by atoms with Crippen molar-refractivity contribution in [3.8, 4) is 0 Å². The number of likely N-dealkylation sites (N-methyl/N-ethyl adjacent to an activating group) is 1. The molecule has 1 aliphatic rings. The zero-order valence-electron chi connectivity index (χ0n) is 13.7. The van der Waals surface area contributed by atoms with Gasteiger partial charge in [-0.05, 0) is 38.4 Å². The Balaban J connectivity index is 0.00000288. The predicted octanol–water partition coefficient (Wildman–Crippen LogP) is 0.634. The maximum absolute atomic E-state index is 12.6. The number of thiophene rings is 1. The number of nitrogens with one attached hydrogen (secondary N) is 2. The van der Waals surface area contributed by atoms with Gasteiger partial charge in [-0.15, -0.1) is 23.7 Å². The van der Waals surface area contributed by atoms with Crippen LogP contribution in [0.5, 0.6) is 0 Å². The van der Waals surface area contributed by atoms with Crippen molar-refractivity contribution in [1.29, 1.82) is 0 Å². The van der Waals surface area contributed by atoms with Crippen LogP contribution < -0.4 is 10.0 Å². The molecule has 140 valence electrons. The molecule has 1 aromatic rings. The molecule has 0 bridgehead atoms. The van der Waals surface area contributed by atoms with E-state index in [9.17, 15) is 16.8 Å². The van der Waals surface area contributed by atoms with E-state index >= 15 is 0 Å². The van der Waals surface area contributed by atoms with Crippen molar-refractivity contribution in [3.63, 3.8) is 0 Å². The first-order valence-electron chi connectivity index (χ1n) is 7.51. The largest absolute Gasteiger partial charge is 0.315 e. The van der Waals surface area contributed by atoms with Crippen molar-refractivity contribution in [3.05, 3.63) is 17.0 Å². The molecular formula is C13H24ClN3O4S3.